The van der Waals surface area contributed by atoms with Crippen LogP contribution in [0.25, 0.3) is 0 Å². The van der Waals surface area contributed by atoms with Gasteiger partial charge in [0.05, 0.1) is 57.8 Å². The Labute approximate surface area is 346 Å². The lowest BCUT2D eigenvalue weighted by Gasteiger charge is -2.48. The molecule has 5 aromatic rings. The van der Waals surface area contributed by atoms with Gasteiger partial charge in [0, 0.05) is 5.70 Å². The number of esters is 1. The van der Waals surface area contributed by atoms with Crippen LogP contribution in [-0.4, -0.2) is 67.2 Å². The van der Waals surface area contributed by atoms with E-state index in [0.29, 0.717) is 24.5 Å². The summed E-state index contributed by atoms with van der Waals surface area (Å²) in [5, 5.41) is 3.08. The third-order valence-corrected chi connectivity index (χ3v) is 10.6. The molecule has 0 spiro atoms. The minimum Gasteiger partial charge on any atom is -0.463 e. The van der Waals surface area contributed by atoms with Crippen molar-refractivity contribution in [3.05, 3.63) is 191 Å². The topological polar surface area (TPSA) is 105 Å². The van der Waals surface area contributed by atoms with Crippen LogP contribution >= 0.6 is 0 Å². The van der Waals surface area contributed by atoms with E-state index < -0.39 is 42.5 Å². The first kappa shape index (κ1) is 41.5. The Morgan fingerprint density at radius 2 is 1.05 bits per heavy atom. The molecule has 7 rings (SSSR count). The normalized spacial score (nSPS) is 21.9. The number of carbonyl (C=O) groups excluding carboxylic acids is 2. The molecule has 0 aromatic heterocycles. The zero-order chi connectivity index (χ0) is 40.8. The minimum absolute atomic E-state index is 0.0350. The van der Waals surface area contributed by atoms with E-state index in [2.05, 4.69) is 5.32 Å². The fourth-order valence-electron chi connectivity index (χ4n) is 7.58. The minimum atomic E-state index is -0.751. The number of allylic oxidation sites excluding steroid dienone is 1. The molecule has 6 atom stereocenters. The van der Waals surface area contributed by atoms with Crippen LogP contribution in [0.4, 0.5) is 4.79 Å². The number of benzene rings is 5. The molecule has 2 aliphatic heterocycles. The summed E-state index contributed by atoms with van der Waals surface area (Å²) >= 11 is 0. The number of urea groups is 1. The van der Waals surface area contributed by atoms with Gasteiger partial charge in [-0.3, -0.25) is 4.90 Å². The lowest BCUT2D eigenvalue weighted by atomic mass is 9.92. The molecule has 10 nitrogen and oxygen atoms in total. The number of carbonyl (C=O) groups is 2. The summed E-state index contributed by atoms with van der Waals surface area (Å²) in [5.74, 6) is -0.504. The second kappa shape index (κ2) is 20.9. The molecule has 59 heavy (non-hydrogen) atoms. The van der Waals surface area contributed by atoms with Gasteiger partial charge >= 0.3 is 12.0 Å². The van der Waals surface area contributed by atoms with E-state index in [1.807, 2.05) is 152 Å². The Balaban J connectivity index is 1.27. The number of nitrogens with one attached hydrogen (secondary N) is 1. The van der Waals surface area contributed by atoms with Crippen LogP contribution in [0.3, 0.4) is 0 Å². The molecule has 1 N–H and O–H groups in total. The van der Waals surface area contributed by atoms with E-state index in [-0.39, 0.29) is 39.0 Å². The van der Waals surface area contributed by atoms with Crippen molar-refractivity contribution in [2.75, 3.05) is 19.8 Å². The summed E-state index contributed by atoms with van der Waals surface area (Å²) in [7, 11) is 0. The van der Waals surface area contributed by atoms with Crippen LogP contribution in [0.1, 0.15) is 47.7 Å². The lowest BCUT2D eigenvalue weighted by Crippen LogP contribution is -2.64. The molecule has 2 amide bonds. The predicted molar refractivity (Wildman–Crippen MR) is 224 cm³/mol. The van der Waals surface area contributed by atoms with Crippen LogP contribution in [0, 0.1) is 0 Å². The van der Waals surface area contributed by atoms with E-state index in [4.69, 9.17) is 28.4 Å². The molecule has 5 aromatic carbocycles. The van der Waals surface area contributed by atoms with Crippen molar-refractivity contribution in [2.45, 2.75) is 76.8 Å². The summed E-state index contributed by atoms with van der Waals surface area (Å²) in [4.78, 5) is 29.5. The highest BCUT2D eigenvalue weighted by atomic mass is 16.6. The lowest BCUT2D eigenvalue weighted by molar-refractivity contribution is -0.273. The van der Waals surface area contributed by atoms with E-state index in [9.17, 15) is 9.59 Å². The third kappa shape index (κ3) is 10.9. The number of nitrogens with zero attached hydrogens (tertiary/aromatic N) is 1. The van der Waals surface area contributed by atoms with Gasteiger partial charge in [0.15, 0.2) is 0 Å². The molecule has 10 heteroatoms. The van der Waals surface area contributed by atoms with Gasteiger partial charge in [0.1, 0.15) is 30.5 Å². The van der Waals surface area contributed by atoms with Crippen molar-refractivity contribution < 1.29 is 38.0 Å². The molecule has 2 heterocycles. The Hall–Kier alpha value is -5.62. The van der Waals surface area contributed by atoms with E-state index in [1.54, 1.807) is 18.7 Å². The van der Waals surface area contributed by atoms with Gasteiger partial charge in [-0.05, 0) is 41.7 Å². The van der Waals surface area contributed by atoms with E-state index in [0.717, 1.165) is 27.8 Å². The first-order valence-corrected chi connectivity index (χ1v) is 20.2. The Morgan fingerprint density at radius 1 is 0.610 bits per heavy atom. The average Bonchev–Trinajstić information content (AvgIpc) is 3.27. The number of ether oxygens (including phenoxy) is 6. The number of rotatable bonds is 18. The third-order valence-electron chi connectivity index (χ3n) is 10.6. The first-order valence-electron chi connectivity index (χ1n) is 20.2. The van der Waals surface area contributed by atoms with Gasteiger partial charge in [-0.25, -0.2) is 9.59 Å². The van der Waals surface area contributed by atoms with Crippen molar-refractivity contribution in [3.63, 3.8) is 0 Å². The van der Waals surface area contributed by atoms with Crippen LogP contribution < -0.4 is 5.32 Å². The van der Waals surface area contributed by atoms with Crippen LogP contribution in [0.15, 0.2) is 163 Å². The van der Waals surface area contributed by atoms with Gasteiger partial charge in [0.25, 0.3) is 0 Å². The number of hydrogen-bond donors (Lipinski definition) is 1. The quantitative estimate of drug-likeness (QED) is 0.0884. The fraction of sp³-hybridized carbons (Fsp3) is 0.306. The molecular weight excluding hydrogens is 745 g/mol. The molecule has 0 aliphatic carbocycles. The molecular formula is C49H52N2O8. The molecule has 0 bridgehead atoms. The highest BCUT2D eigenvalue weighted by molar-refractivity contribution is 5.95. The fourth-order valence-corrected chi connectivity index (χ4v) is 7.58. The van der Waals surface area contributed by atoms with Gasteiger partial charge in [-0.1, -0.05) is 152 Å². The molecule has 2 aliphatic rings. The maximum atomic E-state index is 14.3. The summed E-state index contributed by atoms with van der Waals surface area (Å²) in [6.07, 6.45) is -3.44. The van der Waals surface area contributed by atoms with E-state index >= 15 is 0 Å². The molecule has 306 valence electrons. The summed E-state index contributed by atoms with van der Waals surface area (Å²) < 4.78 is 39.6. The molecule has 0 saturated carbocycles. The van der Waals surface area contributed by atoms with E-state index in [1.165, 1.54) is 0 Å². The second-order valence-corrected chi connectivity index (χ2v) is 14.6. The molecule has 0 radical (unpaired) electrons. The number of hydrogen-bond acceptors (Lipinski definition) is 8. The van der Waals surface area contributed by atoms with Crippen molar-refractivity contribution in [1.29, 1.82) is 0 Å². The molecule has 1 fully saturated rings. The average molecular weight is 797 g/mol. The van der Waals surface area contributed by atoms with Crippen LogP contribution in [0.2, 0.25) is 0 Å². The maximum Gasteiger partial charge on any atom is 0.338 e. The highest BCUT2D eigenvalue weighted by Crippen LogP contribution is 2.35. The zero-order valence-corrected chi connectivity index (χ0v) is 33.6. The summed E-state index contributed by atoms with van der Waals surface area (Å²) in [6.45, 7) is 5.12. The smallest absolute Gasteiger partial charge is 0.338 e. The monoisotopic (exact) mass is 796 g/mol. The highest BCUT2D eigenvalue weighted by Gasteiger charge is 2.50. The van der Waals surface area contributed by atoms with Crippen LogP contribution in [-0.2, 0) is 59.6 Å². The first-order chi connectivity index (χ1) is 29.0. The van der Waals surface area contributed by atoms with Crippen molar-refractivity contribution in [3.8, 4) is 0 Å². The number of amides is 2. The van der Waals surface area contributed by atoms with Gasteiger partial charge in [-0.15, -0.1) is 0 Å². The molecule has 0 unspecified atom stereocenters. The zero-order valence-electron chi connectivity index (χ0n) is 33.6. The largest absolute Gasteiger partial charge is 0.463 e. The standard InChI is InChI=1S/C49H52N2O8/c1-3-55-48(52)43-35(2)51(49(53)50-44(43)40-27-17-8-18-28-40)29-41-45(56-31-37-21-11-5-12-22-37)47(58-33-39-25-15-7-16-26-39)46(57-32-38-23-13-6-14-24-38)42(59-41)34-54-30-36-19-9-4-10-20-36/h4-28,41-42,44-47H,3,29-34H2,1-2H3,(H,50,53)/t41-,42+,44+,45-,46-,47+/m0/s1. The maximum absolute atomic E-state index is 14.3. The van der Waals surface area contributed by atoms with Gasteiger partial charge in [-0.2, -0.15) is 0 Å². The van der Waals surface area contributed by atoms with Gasteiger partial charge in [0.2, 0.25) is 0 Å². The summed E-state index contributed by atoms with van der Waals surface area (Å²) in [6, 6.07) is 48.1. The van der Waals surface area contributed by atoms with Crippen molar-refractivity contribution in [1.82, 2.24) is 10.2 Å². The Kier molecular flexibility index (Phi) is 14.7. The van der Waals surface area contributed by atoms with Crippen molar-refractivity contribution in [2.24, 2.45) is 0 Å². The second-order valence-electron chi connectivity index (χ2n) is 14.6. The summed E-state index contributed by atoms with van der Waals surface area (Å²) in [5.41, 5.74) is 5.54. The SMILES string of the molecule is CCOC(=O)C1=C(C)N(C[C@@H]2O[C@H](COCc3ccccc3)[C@H](OCc3ccccc3)[C@H](OCc3ccccc3)[C@H]2OCc2ccccc2)C(=O)N[C@@H]1c1ccccc1. The Bertz CT molecular complexity index is 2090. The Morgan fingerprint density at radius 3 is 1.54 bits per heavy atom. The van der Waals surface area contributed by atoms with Gasteiger partial charge < -0.3 is 33.7 Å². The predicted octanol–water partition coefficient (Wildman–Crippen LogP) is 8.33. The van der Waals surface area contributed by atoms with Crippen LogP contribution in [0.5, 0.6) is 0 Å². The van der Waals surface area contributed by atoms with Crippen molar-refractivity contribution >= 4 is 12.0 Å². The molecule has 1 saturated heterocycles.